The van der Waals surface area contributed by atoms with Crippen molar-refractivity contribution in [1.29, 1.82) is 0 Å². The highest BCUT2D eigenvalue weighted by Gasteiger charge is 2.12. The SMILES string of the molecule is COCCOCC(N)c1cc2cc(C)ccc2o1. The summed E-state index contributed by atoms with van der Waals surface area (Å²) in [5.41, 5.74) is 8.09. The zero-order valence-electron chi connectivity index (χ0n) is 10.8. The summed E-state index contributed by atoms with van der Waals surface area (Å²) in [7, 11) is 1.64. The van der Waals surface area contributed by atoms with E-state index in [1.54, 1.807) is 7.11 Å². The maximum Gasteiger partial charge on any atom is 0.134 e. The lowest BCUT2D eigenvalue weighted by atomic mass is 10.1. The molecule has 0 aliphatic rings. The van der Waals surface area contributed by atoms with Crippen LogP contribution in [0.3, 0.4) is 0 Å². The summed E-state index contributed by atoms with van der Waals surface area (Å²) in [6.45, 7) is 3.61. The fraction of sp³-hybridized carbons (Fsp3) is 0.429. The second-order valence-electron chi connectivity index (χ2n) is 4.36. The Hall–Kier alpha value is -1.36. The van der Waals surface area contributed by atoms with Gasteiger partial charge in [-0.1, -0.05) is 11.6 Å². The third kappa shape index (κ3) is 3.10. The highest BCUT2D eigenvalue weighted by Crippen LogP contribution is 2.24. The smallest absolute Gasteiger partial charge is 0.134 e. The van der Waals surface area contributed by atoms with Gasteiger partial charge in [-0.05, 0) is 25.1 Å². The van der Waals surface area contributed by atoms with Crippen LogP contribution in [0, 0.1) is 6.92 Å². The molecule has 1 aromatic heterocycles. The molecule has 1 aromatic carbocycles. The Morgan fingerprint density at radius 1 is 1.28 bits per heavy atom. The highest BCUT2D eigenvalue weighted by atomic mass is 16.5. The summed E-state index contributed by atoms with van der Waals surface area (Å²) in [6.07, 6.45) is 0. The first-order valence-electron chi connectivity index (χ1n) is 6.03. The summed E-state index contributed by atoms with van der Waals surface area (Å²) >= 11 is 0. The Labute approximate surface area is 107 Å². The van der Waals surface area contributed by atoms with Crippen LogP contribution in [0.1, 0.15) is 17.4 Å². The van der Waals surface area contributed by atoms with Gasteiger partial charge in [0.2, 0.25) is 0 Å². The van der Waals surface area contributed by atoms with Crippen molar-refractivity contribution in [1.82, 2.24) is 0 Å². The standard InChI is InChI=1S/C14H19NO3/c1-10-3-4-13-11(7-10)8-14(18-13)12(15)9-17-6-5-16-2/h3-4,7-8,12H,5-6,9,15H2,1-2H3. The first-order chi connectivity index (χ1) is 8.70. The van der Waals surface area contributed by atoms with Gasteiger partial charge in [0, 0.05) is 12.5 Å². The molecule has 0 radical (unpaired) electrons. The summed E-state index contributed by atoms with van der Waals surface area (Å²) < 4.78 is 16.0. The van der Waals surface area contributed by atoms with Gasteiger partial charge in [-0.3, -0.25) is 0 Å². The van der Waals surface area contributed by atoms with Crippen molar-refractivity contribution >= 4 is 11.0 Å². The molecule has 4 heteroatoms. The van der Waals surface area contributed by atoms with E-state index in [-0.39, 0.29) is 6.04 Å². The van der Waals surface area contributed by atoms with Crippen LogP contribution >= 0.6 is 0 Å². The molecule has 0 aliphatic heterocycles. The van der Waals surface area contributed by atoms with Crippen LogP contribution in [-0.4, -0.2) is 26.9 Å². The van der Waals surface area contributed by atoms with Gasteiger partial charge in [0.05, 0.1) is 25.9 Å². The number of ether oxygens (including phenoxy) is 2. The summed E-state index contributed by atoms with van der Waals surface area (Å²) in [4.78, 5) is 0. The first kappa shape index (κ1) is 13.1. The Morgan fingerprint density at radius 2 is 2.11 bits per heavy atom. The van der Waals surface area contributed by atoms with Crippen LogP contribution in [0.4, 0.5) is 0 Å². The largest absolute Gasteiger partial charge is 0.459 e. The average Bonchev–Trinajstić information content (AvgIpc) is 2.77. The topological polar surface area (TPSA) is 57.6 Å². The second kappa shape index (κ2) is 6.00. The number of fused-ring (bicyclic) bond motifs is 1. The number of furan rings is 1. The van der Waals surface area contributed by atoms with E-state index < -0.39 is 0 Å². The molecule has 2 N–H and O–H groups in total. The van der Waals surface area contributed by atoms with E-state index in [0.717, 1.165) is 16.7 Å². The molecule has 2 rings (SSSR count). The predicted molar refractivity (Wildman–Crippen MR) is 70.6 cm³/mol. The molecule has 4 nitrogen and oxygen atoms in total. The molecule has 0 spiro atoms. The molecule has 0 saturated carbocycles. The number of hydrogen-bond acceptors (Lipinski definition) is 4. The van der Waals surface area contributed by atoms with Crippen LogP contribution in [0.25, 0.3) is 11.0 Å². The van der Waals surface area contributed by atoms with Crippen LogP contribution in [0.15, 0.2) is 28.7 Å². The van der Waals surface area contributed by atoms with E-state index in [1.807, 2.05) is 18.2 Å². The molecule has 1 atom stereocenters. The number of methoxy groups -OCH3 is 1. The Kier molecular flexibility index (Phi) is 4.36. The van der Waals surface area contributed by atoms with Gasteiger partial charge >= 0.3 is 0 Å². The first-order valence-corrected chi connectivity index (χ1v) is 6.03. The van der Waals surface area contributed by atoms with Crippen molar-refractivity contribution in [3.8, 4) is 0 Å². The molecule has 2 aromatic rings. The third-order valence-electron chi connectivity index (χ3n) is 2.79. The second-order valence-corrected chi connectivity index (χ2v) is 4.36. The van der Waals surface area contributed by atoms with Gasteiger partial charge < -0.3 is 19.6 Å². The number of hydrogen-bond donors (Lipinski definition) is 1. The molecule has 0 aliphatic carbocycles. The van der Waals surface area contributed by atoms with Crippen molar-refractivity contribution in [2.75, 3.05) is 26.9 Å². The van der Waals surface area contributed by atoms with Crippen molar-refractivity contribution < 1.29 is 13.9 Å². The van der Waals surface area contributed by atoms with Crippen molar-refractivity contribution in [3.63, 3.8) is 0 Å². The van der Waals surface area contributed by atoms with Crippen LogP contribution in [0.5, 0.6) is 0 Å². The lowest BCUT2D eigenvalue weighted by Crippen LogP contribution is -2.17. The highest BCUT2D eigenvalue weighted by molar-refractivity contribution is 5.78. The molecule has 18 heavy (non-hydrogen) atoms. The van der Waals surface area contributed by atoms with Crippen molar-refractivity contribution in [3.05, 3.63) is 35.6 Å². The number of rotatable bonds is 6. The Morgan fingerprint density at radius 3 is 2.89 bits per heavy atom. The van der Waals surface area contributed by atoms with Gasteiger partial charge in [0.15, 0.2) is 0 Å². The fourth-order valence-electron chi connectivity index (χ4n) is 1.80. The van der Waals surface area contributed by atoms with Gasteiger partial charge in [0.25, 0.3) is 0 Å². The van der Waals surface area contributed by atoms with E-state index >= 15 is 0 Å². The number of nitrogens with two attached hydrogens (primary N) is 1. The zero-order valence-corrected chi connectivity index (χ0v) is 10.8. The average molecular weight is 249 g/mol. The van der Waals surface area contributed by atoms with Gasteiger partial charge in [0.1, 0.15) is 11.3 Å². The van der Waals surface area contributed by atoms with Crippen molar-refractivity contribution in [2.45, 2.75) is 13.0 Å². The number of aryl methyl sites for hydroxylation is 1. The van der Waals surface area contributed by atoms with Crippen LogP contribution in [0.2, 0.25) is 0 Å². The molecule has 0 fully saturated rings. The van der Waals surface area contributed by atoms with Gasteiger partial charge in [-0.2, -0.15) is 0 Å². The lowest BCUT2D eigenvalue weighted by Gasteiger charge is -2.08. The third-order valence-corrected chi connectivity index (χ3v) is 2.79. The lowest BCUT2D eigenvalue weighted by molar-refractivity contribution is 0.0612. The molecule has 1 heterocycles. The monoisotopic (exact) mass is 249 g/mol. The quantitative estimate of drug-likeness (QED) is 0.799. The van der Waals surface area contributed by atoms with Crippen LogP contribution < -0.4 is 5.73 Å². The predicted octanol–water partition coefficient (Wildman–Crippen LogP) is 2.40. The molecule has 0 amide bonds. The van der Waals surface area contributed by atoms with Crippen molar-refractivity contribution in [2.24, 2.45) is 5.73 Å². The summed E-state index contributed by atoms with van der Waals surface area (Å²) in [5, 5.41) is 1.08. The Bertz CT molecular complexity index is 507. The van der Waals surface area contributed by atoms with Crippen LogP contribution in [-0.2, 0) is 9.47 Å². The fourth-order valence-corrected chi connectivity index (χ4v) is 1.80. The molecule has 98 valence electrons. The van der Waals surface area contributed by atoms with E-state index in [2.05, 4.69) is 13.0 Å². The van der Waals surface area contributed by atoms with Gasteiger partial charge in [-0.25, -0.2) is 0 Å². The minimum absolute atomic E-state index is 0.241. The van der Waals surface area contributed by atoms with Gasteiger partial charge in [-0.15, -0.1) is 0 Å². The maximum atomic E-state index is 6.02. The minimum Gasteiger partial charge on any atom is -0.459 e. The van der Waals surface area contributed by atoms with E-state index in [4.69, 9.17) is 19.6 Å². The normalized spacial score (nSPS) is 13.1. The van der Waals surface area contributed by atoms with E-state index in [1.165, 1.54) is 5.56 Å². The molecular weight excluding hydrogens is 230 g/mol. The molecule has 1 unspecified atom stereocenters. The zero-order chi connectivity index (χ0) is 13.0. The number of benzene rings is 1. The molecule has 0 bridgehead atoms. The molecule has 0 saturated heterocycles. The summed E-state index contributed by atoms with van der Waals surface area (Å²) in [5.74, 6) is 0.757. The maximum absolute atomic E-state index is 6.02. The molecular formula is C14H19NO3. The van der Waals surface area contributed by atoms with E-state index in [9.17, 15) is 0 Å². The summed E-state index contributed by atoms with van der Waals surface area (Å²) in [6, 6.07) is 7.81. The minimum atomic E-state index is -0.241. The van der Waals surface area contributed by atoms with E-state index in [0.29, 0.717) is 19.8 Å². The Balaban J connectivity index is 2.01.